The highest BCUT2D eigenvalue weighted by Gasteiger charge is 2.08. The smallest absolute Gasteiger partial charge is 0.147 e. The molecule has 1 N–H and O–H groups in total. The molecule has 17 heavy (non-hydrogen) atoms. The third kappa shape index (κ3) is 3.14. The van der Waals surface area contributed by atoms with Crippen LogP contribution in [-0.2, 0) is 6.54 Å². The predicted molar refractivity (Wildman–Crippen MR) is 65.4 cm³/mol. The second-order valence-corrected chi connectivity index (χ2v) is 4.09. The summed E-state index contributed by atoms with van der Waals surface area (Å²) < 4.78 is 1.99. The normalized spacial score (nSPS) is 12.6. The lowest BCUT2D eigenvalue weighted by molar-refractivity contribution is 0.166. The van der Waals surface area contributed by atoms with E-state index >= 15 is 0 Å². The van der Waals surface area contributed by atoms with Gasteiger partial charge in [0.05, 0.1) is 12.6 Å². The van der Waals surface area contributed by atoms with Gasteiger partial charge in [-0.3, -0.25) is 0 Å². The molecule has 0 fully saturated rings. The van der Waals surface area contributed by atoms with Crippen molar-refractivity contribution in [1.82, 2.24) is 14.5 Å². The summed E-state index contributed by atoms with van der Waals surface area (Å²) in [4.78, 5) is 8.34. The monoisotopic (exact) mass is 231 g/mol. The third-order valence-corrected chi connectivity index (χ3v) is 2.66. The Kier molecular flexibility index (Phi) is 3.88. The van der Waals surface area contributed by atoms with Crippen LogP contribution in [0.3, 0.4) is 0 Å². The largest absolute Gasteiger partial charge is 0.388 e. The maximum atomic E-state index is 9.86. The molecule has 0 saturated carbocycles. The van der Waals surface area contributed by atoms with Crippen molar-refractivity contribution < 1.29 is 5.11 Å². The van der Waals surface area contributed by atoms with Gasteiger partial charge in [0.2, 0.25) is 0 Å². The van der Waals surface area contributed by atoms with Crippen LogP contribution < -0.4 is 0 Å². The first-order chi connectivity index (χ1) is 8.29. The second kappa shape index (κ2) is 5.59. The molecule has 0 bridgehead atoms. The van der Waals surface area contributed by atoms with Crippen molar-refractivity contribution in [3.63, 3.8) is 0 Å². The number of hydrogen-bond donors (Lipinski definition) is 1. The first-order valence-corrected chi connectivity index (χ1v) is 5.89. The number of hydrogen-bond acceptors (Lipinski definition) is 3. The molecule has 0 aromatic carbocycles. The molecule has 0 aliphatic heterocycles. The Labute approximate surface area is 101 Å². The molecule has 4 nitrogen and oxygen atoms in total. The van der Waals surface area contributed by atoms with Crippen molar-refractivity contribution >= 4 is 0 Å². The van der Waals surface area contributed by atoms with Crippen LogP contribution in [0.4, 0.5) is 0 Å². The van der Waals surface area contributed by atoms with Crippen molar-refractivity contribution in [1.29, 1.82) is 0 Å². The number of aliphatic hydroxyl groups is 1. The molecule has 0 aliphatic carbocycles. The fraction of sp³-hybridized carbons (Fsp3) is 0.385. The van der Waals surface area contributed by atoms with E-state index in [1.54, 1.807) is 18.5 Å². The van der Waals surface area contributed by atoms with Gasteiger partial charge in [-0.2, -0.15) is 0 Å². The Hall–Kier alpha value is -1.68. The molecule has 2 aromatic rings. The van der Waals surface area contributed by atoms with Gasteiger partial charge in [-0.15, -0.1) is 0 Å². The summed E-state index contributed by atoms with van der Waals surface area (Å²) in [7, 11) is 0. The van der Waals surface area contributed by atoms with Crippen LogP contribution >= 0.6 is 0 Å². The molecule has 0 radical (unpaired) electrons. The Morgan fingerprint density at radius 2 is 2.12 bits per heavy atom. The fourth-order valence-electron chi connectivity index (χ4n) is 1.77. The molecule has 1 unspecified atom stereocenters. The van der Waals surface area contributed by atoms with Gasteiger partial charge in [-0.25, -0.2) is 9.97 Å². The molecule has 2 aromatic heterocycles. The van der Waals surface area contributed by atoms with Gasteiger partial charge in [-0.1, -0.05) is 13.3 Å². The summed E-state index contributed by atoms with van der Waals surface area (Å²) in [6, 6.07) is 3.75. The Balaban J connectivity index is 2.04. The van der Waals surface area contributed by atoms with Gasteiger partial charge in [0.15, 0.2) is 0 Å². The van der Waals surface area contributed by atoms with Gasteiger partial charge in [0.1, 0.15) is 5.82 Å². The van der Waals surface area contributed by atoms with Crippen molar-refractivity contribution in [2.24, 2.45) is 0 Å². The van der Waals surface area contributed by atoms with Crippen LogP contribution in [0.5, 0.6) is 0 Å². The SMILES string of the molecule is CCCC(O)c1ccn(Cc2ncccn2)c1. The van der Waals surface area contributed by atoms with Crippen molar-refractivity contribution in [3.8, 4) is 0 Å². The zero-order chi connectivity index (χ0) is 12.1. The molecule has 0 spiro atoms. The molecule has 90 valence electrons. The molecule has 0 aliphatic rings. The van der Waals surface area contributed by atoms with Crippen LogP contribution in [0.2, 0.25) is 0 Å². The minimum absolute atomic E-state index is 0.363. The lowest BCUT2D eigenvalue weighted by Gasteiger charge is -2.06. The van der Waals surface area contributed by atoms with Crippen molar-refractivity contribution in [2.75, 3.05) is 0 Å². The van der Waals surface area contributed by atoms with Crippen LogP contribution in [0.1, 0.15) is 37.3 Å². The van der Waals surface area contributed by atoms with Crippen LogP contribution in [-0.4, -0.2) is 19.6 Å². The highest BCUT2D eigenvalue weighted by molar-refractivity contribution is 5.14. The van der Waals surface area contributed by atoms with E-state index in [4.69, 9.17) is 0 Å². The predicted octanol–water partition coefficient (Wildman–Crippen LogP) is 2.16. The van der Waals surface area contributed by atoms with Gasteiger partial charge in [0, 0.05) is 24.8 Å². The zero-order valence-corrected chi connectivity index (χ0v) is 9.95. The van der Waals surface area contributed by atoms with Crippen molar-refractivity contribution in [3.05, 3.63) is 48.3 Å². The van der Waals surface area contributed by atoms with E-state index in [0.29, 0.717) is 6.54 Å². The summed E-state index contributed by atoms with van der Waals surface area (Å²) in [6.45, 7) is 2.71. The Morgan fingerprint density at radius 3 is 2.82 bits per heavy atom. The summed E-state index contributed by atoms with van der Waals surface area (Å²) in [6.07, 6.45) is 8.79. The first-order valence-electron chi connectivity index (χ1n) is 5.89. The number of nitrogens with zero attached hydrogens (tertiary/aromatic N) is 3. The van der Waals surface area contributed by atoms with Gasteiger partial charge < -0.3 is 9.67 Å². The first kappa shape index (κ1) is 11.8. The van der Waals surface area contributed by atoms with Gasteiger partial charge in [-0.05, 0) is 24.1 Å². The minimum atomic E-state index is -0.363. The van der Waals surface area contributed by atoms with E-state index in [1.165, 1.54) is 0 Å². The molecule has 0 amide bonds. The zero-order valence-electron chi connectivity index (χ0n) is 9.95. The maximum Gasteiger partial charge on any atom is 0.147 e. The Bertz CT molecular complexity index is 453. The van der Waals surface area contributed by atoms with E-state index in [1.807, 2.05) is 23.0 Å². The topological polar surface area (TPSA) is 50.9 Å². The molecule has 0 saturated heterocycles. The van der Waals surface area contributed by atoms with Gasteiger partial charge in [0.25, 0.3) is 0 Å². The summed E-state index contributed by atoms with van der Waals surface area (Å²) in [5, 5.41) is 9.86. The fourth-order valence-corrected chi connectivity index (χ4v) is 1.77. The van der Waals surface area contributed by atoms with Crippen LogP contribution in [0, 0.1) is 0 Å². The third-order valence-electron chi connectivity index (χ3n) is 2.66. The van der Waals surface area contributed by atoms with Crippen LogP contribution in [0.15, 0.2) is 36.9 Å². The van der Waals surface area contributed by atoms with E-state index in [0.717, 1.165) is 24.2 Å². The van der Waals surface area contributed by atoms with Crippen molar-refractivity contribution in [2.45, 2.75) is 32.4 Å². The minimum Gasteiger partial charge on any atom is -0.388 e. The summed E-state index contributed by atoms with van der Waals surface area (Å²) >= 11 is 0. The number of aromatic nitrogens is 3. The van der Waals surface area contributed by atoms with Crippen LogP contribution in [0.25, 0.3) is 0 Å². The molecular weight excluding hydrogens is 214 g/mol. The molecular formula is C13H17N3O. The van der Waals surface area contributed by atoms with E-state index in [9.17, 15) is 5.11 Å². The molecule has 4 heteroatoms. The average Bonchev–Trinajstić information content (AvgIpc) is 2.79. The Morgan fingerprint density at radius 1 is 1.35 bits per heavy atom. The summed E-state index contributed by atoms with van der Waals surface area (Å²) in [5.74, 6) is 0.777. The average molecular weight is 231 g/mol. The number of rotatable bonds is 5. The highest BCUT2D eigenvalue weighted by atomic mass is 16.3. The number of aliphatic hydroxyl groups excluding tert-OH is 1. The lowest BCUT2D eigenvalue weighted by Crippen LogP contribution is -2.01. The standard InChI is InChI=1S/C13H17N3O/c1-2-4-12(17)11-5-8-16(9-11)10-13-14-6-3-7-15-13/h3,5-9,12,17H,2,4,10H2,1H3. The molecule has 2 heterocycles. The van der Waals surface area contributed by atoms with Gasteiger partial charge >= 0.3 is 0 Å². The van der Waals surface area contributed by atoms with E-state index < -0.39 is 0 Å². The highest BCUT2D eigenvalue weighted by Crippen LogP contribution is 2.18. The second-order valence-electron chi connectivity index (χ2n) is 4.09. The lowest BCUT2D eigenvalue weighted by atomic mass is 10.1. The molecule has 1 atom stereocenters. The summed E-state index contributed by atoms with van der Waals surface area (Å²) in [5.41, 5.74) is 0.961. The quantitative estimate of drug-likeness (QED) is 0.858. The van der Waals surface area contributed by atoms with E-state index in [2.05, 4.69) is 16.9 Å². The molecule has 2 rings (SSSR count). The van der Waals surface area contributed by atoms with E-state index in [-0.39, 0.29) is 6.10 Å². The maximum absolute atomic E-state index is 9.86.